The van der Waals surface area contributed by atoms with E-state index in [0.717, 1.165) is 5.69 Å². The highest BCUT2D eigenvalue weighted by Crippen LogP contribution is 2.34. The number of fused-ring (bicyclic) bond motifs is 1. The van der Waals surface area contributed by atoms with Gasteiger partial charge in [-0.2, -0.15) is 0 Å². The first-order chi connectivity index (χ1) is 14.1. The van der Waals surface area contributed by atoms with E-state index in [-0.39, 0.29) is 18.6 Å². The minimum Gasteiger partial charge on any atom is -0.454 e. The summed E-state index contributed by atoms with van der Waals surface area (Å²) < 4.78 is 10.6. The van der Waals surface area contributed by atoms with Gasteiger partial charge in [0.05, 0.1) is 5.56 Å². The van der Waals surface area contributed by atoms with Crippen LogP contribution in [-0.4, -0.2) is 28.6 Å². The van der Waals surface area contributed by atoms with Crippen molar-refractivity contribution in [3.63, 3.8) is 0 Å². The van der Waals surface area contributed by atoms with Gasteiger partial charge in [-0.3, -0.25) is 9.59 Å². The average Bonchev–Trinajstić information content (AvgIpc) is 3.16. The first kappa shape index (κ1) is 18.2. The maximum atomic E-state index is 12.4. The minimum absolute atomic E-state index is 0.188. The summed E-state index contributed by atoms with van der Waals surface area (Å²) in [6, 6.07) is 12.2. The van der Waals surface area contributed by atoms with Crippen molar-refractivity contribution in [2.24, 2.45) is 0 Å². The molecule has 0 bridgehead atoms. The summed E-state index contributed by atoms with van der Waals surface area (Å²) in [6.45, 7) is 1.62. The number of amides is 2. The van der Waals surface area contributed by atoms with Gasteiger partial charge in [-0.05, 0) is 30.3 Å². The number of ether oxygens (including phenoxy) is 2. The van der Waals surface area contributed by atoms with Crippen molar-refractivity contribution in [1.29, 1.82) is 0 Å². The molecule has 3 N–H and O–H groups in total. The maximum Gasteiger partial charge on any atom is 0.258 e. The van der Waals surface area contributed by atoms with Crippen LogP contribution in [0.15, 0.2) is 54.9 Å². The summed E-state index contributed by atoms with van der Waals surface area (Å²) in [5, 5.41) is 8.46. The molecule has 2 aromatic carbocycles. The Balaban J connectivity index is 1.41. The molecule has 146 valence electrons. The first-order valence-electron chi connectivity index (χ1n) is 8.74. The number of carbonyl (C=O) groups is 2. The van der Waals surface area contributed by atoms with Crippen LogP contribution in [0.5, 0.6) is 11.5 Å². The smallest absolute Gasteiger partial charge is 0.258 e. The lowest BCUT2D eigenvalue weighted by Gasteiger charge is -2.09. The van der Waals surface area contributed by atoms with Gasteiger partial charge in [0, 0.05) is 42.4 Å². The van der Waals surface area contributed by atoms with Gasteiger partial charge in [0.1, 0.15) is 0 Å². The molecule has 1 aromatic heterocycles. The molecule has 1 aliphatic heterocycles. The zero-order valence-electron chi connectivity index (χ0n) is 15.4. The first-order valence-corrected chi connectivity index (χ1v) is 8.74. The third kappa shape index (κ3) is 4.41. The number of rotatable bonds is 5. The second-order valence-electron chi connectivity index (χ2n) is 6.20. The molecule has 29 heavy (non-hydrogen) atoms. The summed E-state index contributed by atoms with van der Waals surface area (Å²) in [4.78, 5) is 31.9. The second-order valence-corrected chi connectivity index (χ2v) is 6.20. The van der Waals surface area contributed by atoms with Crippen LogP contribution in [0.4, 0.5) is 23.0 Å². The molecule has 2 heterocycles. The van der Waals surface area contributed by atoms with Crippen LogP contribution in [0, 0.1) is 0 Å². The molecule has 0 fully saturated rings. The number of carbonyl (C=O) groups excluding carboxylic acids is 2. The number of hydrogen-bond acceptors (Lipinski definition) is 7. The van der Waals surface area contributed by atoms with Crippen LogP contribution in [-0.2, 0) is 4.79 Å². The normalized spacial score (nSPS) is 11.6. The monoisotopic (exact) mass is 391 g/mol. The number of benzene rings is 2. The van der Waals surface area contributed by atoms with E-state index in [0.29, 0.717) is 34.4 Å². The maximum absolute atomic E-state index is 12.4. The number of nitrogens with one attached hydrogen (secondary N) is 3. The van der Waals surface area contributed by atoms with E-state index in [1.165, 1.54) is 19.3 Å². The van der Waals surface area contributed by atoms with Crippen molar-refractivity contribution >= 4 is 34.8 Å². The molecule has 9 heteroatoms. The molecule has 0 atom stereocenters. The molecular formula is C20H17N5O4. The van der Waals surface area contributed by atoms with E-state index >= 15 is 0 Å². The van der Waals surface area contributed by atoms with Crippen LogP contribution in [0.2, 0.25) is 0 Å². The Morgan fingerprint density at radius 1 is 0.897 bits per heavy atom. The summed E-state index contributed by atoms with van der Waals surface area (Å²) in [5.74, 6) is 1.12. The molecule has 4 rings (SSSR count). The average molecular weight is 391 g/mol. The largest absolute Gasteiger partial charge is 0.454 e. The van der Waals surface area contributed by atoms with Gasteiger partial charge in [-0.25, -0.2) is 9.97 Å². The topological polar surface area (TPSA) is 114 Å². The standard InChI is InChI=1S/C20H17N5O4/c1-12(26)23-14-3-2-4-15(7-14)24-19(27)13-9-21-20(22-10-13)25-16-5-6-17-18(8-16)29-11-28-17/h2-10H,11H2,1H3,(H,23,26)(H,24,27)(H,21,22,25). The lowest BCUT2D eigenvalue weighted by molar-refractivity contribution is -0.114. The Morgan fingerprint density at radius 2 is 1.62 bits per heavy atom. The van der Waals surface area contributed by atoms with Crippen molar-refractivity contribution in [2.75, 3.05) is 22.7 Å². The molecule has 0 unspecified atom stereocenters. The molecule has 3 aromatic rings. The molecule has 0 aliphatic carbocycles. The van der Waals surface area contributed by atoms with Crippen LogP contribution in [0.3, 0.4) is 0 Å². The van der Waals surface area contributed by atoms with Crippen molar-refractivity contribution in [3.8, 4) is 11.5 Å². The van der Waals surface area contributed by atoms with Crippen LogP contribution in [0.25, 0.3) is 0 Å². The Bertz CT molecular complexity index is 1070. The quantitative estimate of drug-likeness (QED) is 0.612. The van der Waals surface area contributed by atoms with Gasteiger partial charge in [0.2, 0.25) is 18.6 Å². The SMILES string of the molecule is CC(=O)Nc1cccc(NC(=O)c2cnc(Nc3ccc4c(c3)OCO4)nc2)c1. The summed E-state index contributed by atoms with van der Waals surface area (Å²) in [7, 11) is 0. The fourth-order valence-corrected chi connectivity index (χ4v) is 2.69. The van der Waals surface area contributed by atoms with Gasteiger partial charge >= 0.3 is 0 Å². The molecule has 0 saturated heterocycles. The number of hydrogen-bond donors (Lipinski definition) is 3. The molecule has 1 aliphatic rings. The summed E-state index contributed by atoms with van der Waals surface area (Å²) in [6.07, 6.45) is 2.85. The van der Waals surface area contributed by atoms with Crippen LogP contribution < -0.4 is 25.4 Å². The summed E-state index contributed by atoms with van der Waals surface area (Å²) >= 11 is 0. The highest BCUT2D eigenvalue weighted by atomic mass is 16.7. The van der Waals surface area contributed by atoms with Gasteiger partial charge in [-0.1, -0.05) is 6.07 Å². The molecule has 0 saturated carbocycles. The molecule has 9 nitrogen and oxygen atoms in total. The van der Waals surface area contributed by atoms with E-state index in [1.54, 1.807) is 36.4 Å². The molecular weight excluding hydrogens is 374 g/mol. The zero-order chi connectivity index (χ0) is 20.2. The van der Waals surface area contributed by atoms with Crippen LogP contribution in [0.1, 0.15) is 17.3 Å². The third-order valence-corrected chi connectivity index (χ3v) is 3.98. The predicted octanol–water partition coefficient (Wildman–Crippen LogP) is 3.16. The number of aromatic nitrogens is 2. The Morgan fingerprint density at radius 3 is 2.38 bits per heavy atom. The van der Waals surface area contributed by atoms with E-state index in [2.05, 4.69) is 25.9 Å². The number of anilines is 4. The van der Waals surface area contributed by atoms with Crippen molar-refractivity contribution in [1.82, 2.24) is 9.97 Å². The number of nitrogens with zero attached hydrogens (tertiary/aromatic N) is 2. The predicted molar refractivity (Wildman–Crippen MR) is 107 cm³/mol. The molecule has 0 radical (unpaired) electrons. The Kier molecular flexibility index (Phi) is 4.93. The lowest BCUT2D eigenvalue weighted by Crippen LogP contribution is -2.13. The minimum atomic E-state index is -0.361. The van der Waals surface area contributed by atoms with Crippen molar-refractivity contribution in [3.05, 3.63) is 60.4 Å². The third-order valence-electron chi connectivity index (χ3n) is 3.98. The Labute approximate surface area is 166 Å². The molecule has 2 amide bonds. The lowest BCUT2D eigenvalue weighted by atomic mass is 10.2. The highest BCUT2D eigenvalue weighted by Gasteiger charge is 2.14. The van der Waals surface area contributed by atoms with Crippen molar-refractivity contribution < 1.29 is 19.1 Å². The molecule has 0 spiro atoms. The van der Waals surface area contributed by atoms with Crippen molar-refractivity contribution in [2.45, 2.75) is 6.92 Å². The van der Waals surface area contributed by atoms with Crippen LogP contribution >= 0.6 is 0 Å². The Hall–Kier alpha value is -4.14. The highest BCUT2D eigenvalue weighted by molar-refractivity contribution is 6.04. The van der Waals surface area contributed by atoms with Gasteiger partial charge < -0.3 is 25.4 Å². The fourth-order valence-electron chi connectivity index (χ4n) is 2.69. The summed E-state index contributed by atoms with van der Waals surface area (Å²) in [5.41, 5.74) is 2.17. The second kappa shape index (κ2) is 7.85. The van der Waals surface area contributed by atoms with E-state index in [4.69, 9.17) is 9.47 Å². The van der Waals surface area contributed by atoms with E-state index in [1.807, 2.05) is 6.07 Å². The van der Waals surface area contributed by atoms with Gasteiger partial charge in [0.15, 0.2) is 11.5 Å². The van der Waals surface area contributed by atoms with Gasteiger partial charge in [-0.15, -0.1) is 0 Å². The fraction of sp³-hybridized carbons (Fsp3) is 0.100. The van der Waals surface area contributed by atoms with E-state index < -0.39 is 0 Å². The van der Waals surface area contributed by atoms with Gasteiger partial charge in [0.25, 0.3) is 5.91 Å². The zero-order valence-corrected chi connectivity index (χ0v) is 15.4. The van der Waals surface area contributed by atoms with E-state index in [9.17, 15) is 9.59 Å².